The molecule has 0 amide bonds. The summed E-state index contributed by atoms with van der Waals surface area (Å²) < 4.78 is 27.8. The summed E-state index contributed by atoms with van der Waals surface area (Å²) in [5, 5.41) is 4.39. The van der Waals surface area contributed by atoms with Gasteiger partial charge in [0, 0.05) is 19.3 Å². The number of halogens is 1. The lowest BCUT2D eigenvalue weighted by molar-refractivity contribution is 0.461. The maximum atomic E-state index is 12.0. The Bertz CT molecular complexity index is 778. The zero-order chi connectivity index (χ0) is 15.2. The van der Waals surface area contributed by atoms with Crippen LogP contribution in [0, 0.1) is 6.92 Å². The Kier molecular flexibility index (Phi) is 3.73. The lowest BCUT2D eigenvalue weighted by atomic mass is 10.2. The van der Waals surface area contributed by atoms with Gasteiger partial charge in [0.1, 0.15) is 11.3 Å². The molecule has 1 fully saturated rings. The van der Waals surface area contributed by atoms with E-state index < -0.39 is 9.84 Å². The molecule has 0 spiro atoms. The van der Waals surface area contributed by atoms with Gasteiger partial charge in [0.25, 0.3) is 0 Å². The molecular formula is C13H19ClN4O2S. The highest BCUT2D eigenvalue weighted by atomic mass is 35.5. The molecule has 0 aliphatic carbocycles. The number of sulfone groups is 1. The first-order valence-corrected chi connectivity index (χ1v) is 9.45. The highest BCUT2D eigenvalue weighted by Gasteiger charge is 2.30. The predicted molar refractivity (Wildman–Crippen MR) is 82.6 cm³/mol. The fourth-order valence-corrected chi connectivity index (χ4v) is 5.03. The second kappa shape index (κ2) is 5.28. The molecule has 0 saturated carbocycles. The summed E-state index contributed by atoms with van der Waals surface area (Å²) in [6.07, 6.45) is 2.18. The van der Waals surface area contributed by atoms with Crippen molar-refractivity contribution >= 4 is 32.6 Å². The van der Waals surface area contributed by atoms with E-state index in [0.29, 0.717) is 18.7 Å². The minimum absolute atomic E-state index is 0.0678. The maximum Gasteiger partial charge on any atom is 0.158 e. The van der Waals surface area contributed by atoms with Gasteiger partial charge in [-0.15, -0.1) is 11.6 Å². The minimum Gasteiger partial charge on any atom is -0.309 e. The van der Waals surface area contributed by atoms with E-state index in [1.54, 1.807) is 4.68 Å². The molecule has 1 aliphatic rings. The van der Waals surface area contributed by atoms with Crippen molar-refractivity contribution in [1.29, 1.82) is 0 Å². The molecule has 3 heterocycles. The van der Waals surface area contributed by atoms with Gasteiger partial charge in [-0.2, -0.15) is 5.10 Å². The fourth-order valence-electron chi connectivity index (χ4n) is 3.19. The Morgan fingerprint density at radius 1 is 1.43 bits per heavy atom. The molecular weight excluding hydrogens is 312 g/mol. The molecule has 3 rings (SSSR count). The molecule has 1 atom stereocenters. The molecule has 2 aromatic heterocycles. The first-order valence-electron chi connectivity index (χ1n) is 7.10. The average Bonchev–Trinajstić information content (AvgIpc) is 2.88. The molecule has 1 saturated heterocycles. The van der Waals surface area contributed by atoms with Crippen LogP contribution in [0.5, 0.6) is 0 Å². The monoisotopic (exact) mass is 330 g/mol. The lowest BCUT2D eigenvalue weighted by Gasteiger charge is -2.25. The van der Waals surface area contributed by atoms with Crippen LogP contribution in [0.3, 0.4) is 0 Å². The minimum atomic E-state index is -2.98. The molecule has 0 bridgehead atoms. The maximum absolute atomic E-state index is 12.0. The van der Waals surface area contributed by atoms with E-state index in [2.05, 4.69) is 14.6 Å². The van der Waals surface area contributed by atoms with Crippen LogP contribution in [0.1, 0.15) is 30.4 Å². The predicted octanol–water partition coefficient (Wildman–Crippen LogP) is 1.61. The summed E-state index contributed by atoms with van der Waals surface area (Å²) in [4.78, 5) is 4.65. The summed E-state index contributed by atoms with van der Waals surface area (Å²) in [5.41, 5.74) is 2.61. The second-order valence-corrected chi connectivity index (χ2v) is 8.24. The van der Waals surface area contributed by atoms with Gasteiger partial charge in [0.15, 0.2) is 15.5 Å². The zero-order valence-corrected chi connectivity index (χ0v) is 13.8. The molecule has 8 heteroatoms. The van der Waals surface area contributed by atoms with E-state index in [1.165, 1.54) is 0 Å². The third kappa shape index (κ3) is 2.57. The van der Waals surface area contributed by atoms with Gasteiger partial charge in [-0.1, -0.05) is 0 Å². The van der Waals surface area contributed by atoms with Gasteiger partial charge in [0.05, 0.1) is 23.2 Å². The summed E-state index contributed by atoms with van der Waals surface area (Å²) in [6, 6.07) is -0.0678. The number of rotatable bonds is 3. The summed E-state index contributed by atoms with van der Waals surface area (Å²) in [7, 11) is -1.11. The van der Waals surface area contributed by atoms with Gasteiger partial charge >= 0.3 is 0 Å². The highest BCUT2D eigenvalue weighted by Crippen LogP contribution is 2.30. The van der Waals surface area contributed by atoms with Crippen LogP contribution in [0.25, 0.3) is 11.2 Å². The molecule has 6 nitrogen and oxygen atoms in total. The Morgan fingerprint density at radius 3 is 2.86 bits per heavy atom. The van der Waals surface area contributed by atoms with Crippen molar-refractivity contribution < 1.29 is 8.42 Å². The SMILES string of the molecule is Cc1nn(C)c2c1nc(CCCl)n2C1CCCS(=O)(=O)C1. The van der Waals surface area contributed by atoms with Crippen LogP contribution in [0.4, 0.5) is 0 Å². The number of aromatic nitrogens is 4. The number of fused-ring (bicyclic) bond motifs is 1. The summed E-state index contributed by atoms with van der Waals surface area (Å²) in [5.74, 6) is 1.79. The van der Waals surface area contributed by atoms with Crippen LogP contribution in [-0.4, -0.2) is 45.1 Å². The van der Waals surface area contributed by atoms with Crippen molar-refractivity contribution in [2.45, 2.75) is 32.2 Å². The number of nitrogens with zero attached hydrogens (tertiary/aromatic N) is 4. The Labute approximate surface area is 129 Å². The Hall–Kier alpha value is -1.08. The van der Waals surface area contributed by atoms with E-state index in [0.717, 1.165) is 29.1 Å². The van der Waals surface area contributed by atoms with Crippen LogP contribution >= 0.6 is 11.6 Å². The average molecular weight is 331 g/mol. The number of imidazole rings is 1. The fraction of sp³-hybridized carbons (Fsp3) is 0.692. The largest absolute Gasteiger partial charge is 0.309 e. The molecule has 0 aromatic carbocycles. The van der Waals surface area contributed by atoms with Crippen LogP contribution < -0.4 is 0 Å². The highest BCUT2D eigenvalue weighted by molar-refractivity contribution is 7.91. The van der Waals surface area contributed by atoms with Crippen molar-refractivity contribution in [1.82, 2.24) is 19.3 Å². The normalized spacial score (nSPS) is 22.0. The lowest BCUT2D eigenvalue weighted by Crippen LogP contribution is -2.29. The van der Waals surface area contributed by atoms with Gasteiger partial charge in [0.2, 0.25) is 0 Å². The summed E-state index contributed by atoms with van der Waals surface area (Å²) in [6.45, 7) is 1.92. The third-order valence-electron chi connectivity index (χ3n) is 4.03. The molecule has 1 unspecified atom stereocenters. The molecule has 21 heavy (non-hydrogen) atoms. The van der Waals surface area contributed by atoms with E-state index in [9.17, 15) is 8.42 Å². The molecule has 0 N–H and O–H groups in total. The number of hydrogen-bond acceptors (Lipinski definition) is 4. The van der Waals surface area contributed by atoms with Crippen molar-refractivity contribution in [3.63, 3.8) is 0 Å². The number of alkyl halides is 1. The van der Waals surface area contributed by atoms with E-state index in [4.69, 9.17) is 11.6 Å². The number of aryl methyl sites for hydroxylation is 3. The standard InChI is InChI=1S/C13H19ClN4O2S/c1-9-12-13(17(2)16-9)18(11(15-12)5-6-14)10-4-3-7-21(19,20)8-10/h10H,3-8H2,1-2H3. The molecule has 116 valence electrons. The molecule has 0 radical (unpaired) electrons. The smallest absolute Gasteiger partial charge is 0.158 e. The van der Waals surface area contributed by atoms with Crippen LogP contribution in [-0.2, 0) is 23.3 Å². The van der Waals surface area contributed by atoms with E-state index in [-0.39, 0.29) is 17.5 Å². The van der Waals surface area contributed by atoms with Crippen molar-refractivity contribution in [2.24, 2.45) is 7.05 Å². The molecule has 1 aliphatic heterocycles. The van der Waals surface area contributed by atoms with Crippen LogP contribution in [0.15, 0.2) is 0 Å². The summed E-state index contributed by atoms with van der Waals surface area (Å²) >= 11 is 5.88. The Balaban J connectivity index is 2.16. The van der Waals surface area contributed by atoms with Gasteiger partial charge in [-0.05, 0) is 19.8 Å². The van der Waals surface area contributed by atoms with Gasteiger partial charge < -0.3 is 4.57 Å². The van der Waals surface area contributed by atoms with Crippen molar-refractivity contribution in [3.05, 3.63) is 11.5 Å². The van der Waals surface area contributed by atoms with E-state index in [1.807, 2.05) is 14.0 Å². The quantitative estimate of drug-likeness (QED) is 0.802. The zero-order valence-electron chi connectivity index (χ0n) is 12.2. The Morgan fingerprint density at radius 2 is 2.19 bits per heavy atom. The van der Waals surface area contributed by atoms with Crippen molar-refractivity contribution in [2.75, 3.05) is 17.4 Å². The number of hydrogen-bond donors (Lipinski definition) is 0. The first kappa shape index (κ1) is 14.8. The topological polar surface area (TPSA) is 69.8 Å². The van der Waals surface area contributed by atoms with Gasteiger partial charge in [-0.3, -0.25) is 4.68 Å². The second-order valence-electron chi connectivity index (χ2n) is 5.63. The first-order chi connectivity index (χ1) is 9.93. The molecule has 2 aromatic rings. The van der Waals surface area contributed by atoms with E-state index >= 15 is 0 Å². The van der Waals surface area contributed by atoms with Crippen LogP contribution in [0.2, 0.25) is 0 Å². The third-order valence-corrected chi connectivity index (χ3v) is 6.02. The van der Waals surface area contributed by atoms with Gasteiger partial charge in [-0.25, -0.2) is 13.4 Å². The van der Waals surface area contributed by atoms with Crippen molar-refractivity contribution in [3.8, 4) is 0 Å².